The first-order valence-electron chi connectivity index (χ1n) is 7.47. The molecule has 1 aromatic heterocycles. The molecule has 0 aliphatic rings. The van der Waals surface area contributed by atoms with Crippen LogP contribution >= 0.6 is 12.4 Å². The number of hydrogen-bond donors (Lipinski definition) is 4. The Bertz CT molecular complexity index is 968. The lowest BCUT2D eigenvalue weighted by Gasteiger charge is -2.08. The molecule has 0 radical (unpaired) electrons. The normalized spacial score (nSPS) is 10.6. The predicted molar refractivity (Wildman–Crippen MR) is 102 cm³/mol. The number of aromatic hydroxyl groups is 1. The lowest BCUT2D eigenvalue weighted by Crippen LogP contribution is -2.18. The molecule has 0 bridgehead atoms. The molecule has 0 saturated heterocycles. The first-order valence-corrected chi connectivity index (χ1v) is 7.47. The zero-order chi connectivity index (χ0) is 17.8. The largest absolute Gasteiger partial charge is 0.493 e. The number of nitrogens with zero attached hydrogens (tertiary/aromatic N) is 3. The van der Waals surface area contributed by atoms with Crippen LogP contribution in [-0.2, 0) is 11.3 Å². The second kappa shape index (κ2) is 8.13. The maximum atomic E-state index is 12.3. The Morgan fingerprint density at radius 3 is 2.50 bits per heavy atom. The molecule has 0 aliphatic heterocycles. The molecule has 0 spiro atoms. The molecule has 0 aliphatic carbocycles. The number of anilines is 1. The molecular weight excluding hydrogens is 356 g/mol. The van der Waals surface area contributed by atoms with Gasteiger partial charge in [0.05, 0.1) is 5.52 Å². The first-order chi connectivity index (χ1) is 12.1. The summed E-state index contributed by atoms with van der Waals surface area (Å²) in [5.74, 6) is -0.982. The Morgan fingerprint density at radius 1 is 1.15 bits per heavy atom. The van der Waals surface area contributed by atoms with E-state index in [1.54, 1.807) is 36.4 Å². The number of guanidine groups is 1. The van der Waals surface area contributed by atoms with Crippen molar-refractivity contribution >= 4 is 46.6 Å². The van der Waals surface area contributed by atoms with Crippen LogP contribution in [0.15, 0.2) is 64.8 Å². The monoisotopic (exact) mass is 372 g/mol. The first kappa shape index (κ1) is 18.9. The molecule has 0 atom stereocenters. The van der Waals surface area contributed by atoms with Crippen LogP contribution in [0.1, 0.15) is 0 Å². The molecule has 0 fully saturated rings. The smallest absolute Gasteiger partial charge is 0.244 e. The van der Waals surface area contributed by atoms with Crippen LogP contribution in [0.25, 0.3) is 10.9 Å². The summed E-state index contributed by atoms with van der Waals surface area (Å²) < 4.78 is 1.43. The van der Waals surface area contributed by atoms with Gasteiger partial charge in [-0.05, 0) is 18.2 Å². The quantitative estimate of drug-likeness (QED) is 0.318. The average molecular weight is 373 g/mol. The molecule has 0 unspecified atom stereocenters. The van der Waals surface area contributed by atoms with E-state index >= 15 is 0 Å². The molecule has 8 nitrogen and oxygen atoms in total. The van der Waals surface area contributed by atoms with Gasteiger partial charge in [-0.1, -0.05) is 36.4 Å². The van der Waals surface area contributed by atoms with Crippen LogP contribution in [0.2, 0.25) is 0 Å². The van der Waals surface area contributed by atoms with Crippen LogP contribution in [-0.4, -0.2) is 21.5 Å². The van der Waals surface area contributed by atoms with Crippen molar-refractivity contribution in [2.24, 2.45) is 16.0 Å². The third kappa shape index (κ3) is 3.98. The molecular formula is C17H17ClN6O2. The molecule has 5 N–H and O–H groups in total. The van der Waals surface area contributed by atoms with E-state index in [4.69, 9.17) is 11.1 Å². The topological polar surface area (TPSA) is 129 Å². The summed E-state index contributed by atoms with van der Waals surface area (Å²) in [5.41, 5.74) is 6.64. The van der Waals surface area contributed by atoms with Crippen molar-refractivity contribution in [3.8, 4) is 5.88 Å². The summed E-state index contributed by atoms with van der Waals surface area (Å²) in [5, 5.41) is 28.3. The Hall–Kier alpha value is -3.39. The Kier molecular flexibility index (Phi) is 5.92. The van der Waals surface area contributed by atoms with Gasteiger partial charge >= 0.3 is 0 Å². The summed E-state index contributed by atoms with van der Waals surface area (Å²) >= 11 is 0. The number of carbonyl (C=O) groups is 1. The minimum Gasteiger partial charge on any atom is -0.493 e. The van der Waals surface area contributed by atoms with E-state index in [1.807, 2.05) is 18.2 Å². The number of nitrogens with one attached hydrogen (secondary N) is 2. The van der Waals surface area contributed by atoms with Crippen LogP contribution in [0, 0.1) is 5.41 Å². The number of azo groups is 1. The van der Waals surface area contributed by atoms with E-state index in [-0.39, 0.29) is 36.4 Å². The fraction of sp³-hybridized carbons (Fsp3) is 0.0588. The standard InChI is InChI=1S/C17H16N6O2.ClH/c18-17(19)22-21-15-12-8-4-5-9-13(12)23(16(15)25)10-14(24)20-11-6-2-1-3-7-11;/h1-9,25H,10H2,(H3,18,19)(H,20,24);1H. The second-order valence-electron chi connectivity index (χ2n) is 5.27. The number of amides is 1. The van der Waals surface area contributed by atoms with Crippen molar-refractivity contribution in [1.82, 2.24) is 4.57 Å². The number of carbonyl (C=O) groups excluding carboxylic acids is 1. The number of nitrogens with two attached hydrogens (primary N) is 1. The van der Waals surface area contributed by atoms with Gasteiger partial charge < -0.3 is 20.7 Å². The Balaban J connectivity index is 0.00000243. The Morgan fingerprint density at radius 2 is 1.81 bits per heavy atom. The summed E-state index contributed by atoms with van der Waals surface area (Å²) in [4.78, 5) is 12.3. The molecule has 1 heterocycles. The zero-order valence-corrected chi connectivity index (χ0v) is 14.4. The highest BCUT2D eigenvalue weighted by atomic mass is 35.5. The zero-order valence-electron chi connectivity index (χ0n) is 13.6. The van der Waals surface area contributed by atoms with Crippen LogP contribution in [0.4, 0.5) is 11.4 Å². The number of aromatic nitrogens is 1. The highest BCUT2D eigenvalue weighted by Gasteiger charge is 2.18. The predicted octanol–water partition coefficient (Wildman–Crippen LogP) is 3.38. The van der Waals surface area contributed by atoms with Crippen molar-refractivity contribution < 1.29 is 9.90 Å². The van der Waals surface area contributed by atoms with E-state index in [0.717, 1.165) is 0 Å². The minimum absolute atomic E-state index is 0. The lowest BCUT2D eigenvalue weighted by molar-refractivity contribution is -0.116. The van der Waals surface area contributed by atoms with Gasteiger partial charge in [-0.2, -0.15) is 0 Å². The highest BCUT2D eigenvalue weighted by molar-refractivity contribution is 5.98. The molecule has 134 valence electrons. The third-order valence-corrected chi connectivity index (χ3v) is 3.53. The fourth-order valence-corrected chi connectivity index (χ4v) is 2.50. The van der Waals surface area contributed by atoms with Crippen molar-refractivity contribution in [2.75, 3.05) is 5.32 Å². The number of hydrogen-bond acceptors (Lipinski definition) is 4. The third-order valence-electron chi connectivity index (χ3n) is 3.53. The van der Waals surface area contributed by atoms with Crippen LogP contribution in [0.3, 0.4) is 0 Å². The van der Waals surface area contributed by atoms with Gasteiger partial charge in [0.2, 0.25) is 17.7 Å². The molecule has 9 heteroatoms. The molecule has 26 heavy (non-hydrogen) atoms. The number of rotatable bonds is 4. The lowest BCUT2D eigenvalue weighted by atomic mass is 10.2. The summed E-state index contributed by atoms with van der Waals surface area (Å²) in [7, 11) is 0. The molecule has 3 rings (SSSR count). The van der Waals surface area contributed by atoms with Gasteiger partial charge in [-0.25, -0.2) is 0 Å². The van der Waals surface area contributed by atoms with E-state index in [0.29, 0.717) is 16.6 Å². The van der Waals surface area contributed by atoms with Gasteiger partial charge in [0.15, 0.2) is 5.69 Å². The maximum absolute atomic E-state index is 12.3. The summed E-state index contributed by atoms with van der Waals surface area (Å²) in [6.45, 7) is -0.100. The van der Waals surface area contributed by atoms with Gasteiger partial charge in [-0.3, -0.25) is 10.2 Å². The minimum atomic E-state index is -0.474. The van der Waals surface area contributed by atoms with Gasteiger partial charge in [0.1, 0.15) is 6.54 Å². The number of para-hydroxylation sites is 2. The SMILES string of the molecule is Cl.N=C(N)N=Nc1c(O)n(CC(=O)Nc2ccccc2)c2ccccc12. The van der Waals surface area contributed by atoms with Gasteiger partial charge in [-0.15, -0.1) is 22.6 Å². The van der Waals surface area contributed by atoms with E-state index in [2.05, 4.69) is 15.5 Å². The average Bonchev–Trinajstić information content (AvgIpc) is 2.86. The molecule has 3 aromatic rings. The van der Waals surface area contributed by atoms with Crippen molar-refractivity contribution in [1.29, 1.82) is 5.41 Å². The van der Waals surface area contributed by atoms with Gasteiger partial charge in [0.25, 0.3) is 0 Å². The maximum Gasteiger partial charge on any atom is 0.244 e. The molecule has 1 amide bonds. The second-order valence-corrected chi connectivity index (χ2v) is 5.27. The number of benzene rings is 2. The van der Waals surface area contributed by atoms with Crippen molar-refractivity contribution in [3.05, 3.63) is 54.6 Å². The number of halogens is 1. The van der Waals surface area contributed by atoms with Crippen molar-refractivity contribution in [3.63, 3.8) is 0 Å². The van der Waals surface area contributed by atoms with Crippen LogP contribution < -0.4 is 11.1 Å². The molecule has 2 aromatic carbocycles. The fourth-order valence-electron chi connectivity index (χ4n) is 2.50. The van der Waals surface area contributed by atoms with Crippen molar-refractivity contribution in [2.45, 2.75) is 6.54 Å². The van der Waals surface area contributed by atoms with Gasteiger partial charge in [0, 0.05) is 11.1 Å². The summed E-state index contributed by atoms with van der Waals surface area (Å²) in [6, 6.07) is 16.1. The number of fused-ring (bicyclic) bond motifs is 1. The Labute approximate surface area is 155 Å². The summed E-state index contributed by atoms with van der Waals surface area (Å²) in [6.07, 6.45) is 0. The van der Waals surface area contributed by atoms with Crippen LogP contribution in [0.5, 0.6) is 5.88 Å². The molecule has 0 saturated carbocycles. The highest BCUT2D eigenvalue weighted by Crippen LogP contribution is 2.38. The van der Waals surface area contributed by atoms with E-state index in [1.165, 1.54) is 4.57 Å². The van der Waals surface area contributed by atoms with E-state index in [9.17, 15) is 9.90 Å². The van der Waals surface area contributed by atoms with E-state index < -0.39 is 5.96 Å².